The van der Waals surface area contributed by atoms with E-state index < -0.39 is 12.0 Å². The molecule has 3 rings (SSSR count). The zero-order valence-corrected chi connectivity index (χ0v) is 11.6. The van der Waals surface area contributed by atoms with Gasteiger partial charge in [-0.25, -0.2) is 4.79 Å². The van der Waals surface area contributed by atoms with E-state index in [1.807, 2.05) is 0 Å². The predicted octanol–water partition coefficient (Wildman–Crippen LogP) is 1.38. The highest BCUT2D eigenvalue weighted by Crippen LogP contribution is 2.41. The highest BCUT2D eigenvalue weighted by Gasteiger charge is 2.43. The van der Waals surface area contributed by atoms with E-state index in [1.54, 1.807) is 0 Å². The van der Waals surface area contributed by atoms with Crippen LogP contribution in [-0.2, 0) is 25.4 Å². The smallest absolute Gasteiger partial charge is 0.407 e. The lowest BCUT2D eigenvalue weighted by Gasteiger charge is -2.25. The Bertz CT molecular complexity index is 573. The number of rotatable bonds is 1. The number of aromatic nitrogens is 2. The fraction of sp³-hybridized carbons (Fsp3) is 0.692. The van der Waals surface area contributed by atoms with Gasteiger partial charge >= 0.3 is 6.09 Å². The van der Waals surface area contributed by atoms with Crippen molar-refractivity contribution in [1.82, 2.24) is 14.7 Å². The zero-order chi connectivity index (χ0) is 15.2. The minimum Gasteiger partial charge on any atom is -0.465 e. The van der Waals surface area contributed by atoms with E-state index in [4.69, 9.17) is 10.8 Å². The van der Waals surface area contributed by atoms with Gasteiger partial charge in [-0.1, -0.05) is 0 Å². The molecule has 116 valence electrons. The van der Waals surface area contributed by atoms with Crippen LogP contribution in [0.3, 0.4) is 0 Å². The molecule has 0 aliphatic carbocycles. The maximum atomic E-state index is 14.4. The minimum atomic E-state index is -2.98. The van der Waals surface area contributed by atoms with Gasteiger partial charge in [0, 0.05) is 31.5 Å². The Labute approximate surface area is 120 Å². The summed E-state index contributed by atoms with van der Waals surface area (Å²) in [5.74, 6) is -3.00. The molecule has 1 atom stereocenters. The van der Waals surface area contributed by atoms with Crippen LogP contribution in [0.5, 0.6) is 0 Å². The summed E-state index contributed by atoms with van der Waals surface area (Å²) in [7, 11) is 0. The number of hydrogen-bond acceptors (Lipinski definition) is 3. The number of halogens is 2. The third-order valence-corrected chi connectivity index (χ3v) is 4.35. The lowest BCUT2D eigenvalue weighted by Crippen LogP contribution is -2.35. The van der Waals surface area contributed by atoms with E-state index >= 15 is 0 Å². The molecule has 0 bridgehead atoms. The second kappa shape index (κ2) is 4.94. The minimum absolute atomic E-state index is 0.0110. The second-order valence-electron chi connectivity index (χ2n) is 5.75. The molecule has 3 heterocycles. The Kier molecular flexibility index (Phi) is 3.35. The summed E-state index contributed by atoms with van der Waals surface area (Å²) in [4.78, 5) is 12.2. The van der Waals surface area contributed by atoms with Crippen LogP contribution in [0.4, 0.5) is 13.6 Å². The van der Waals surface area contributed by atoms with Crippen molar-refractivity contribution in [2.24, 2.45) is 11.7 Å². The van der Waals surface area contributed by atoms with Crippen molar-refractivity contribution in [3.8, 4) is 0 Å². The summed E-state index contributed by atoms with van der Waals surface area (Å²) in [6, 6.07) is 0. The molecule has 1 aromatic heterocycles. The van der Waals surface area contributed by atoms with Gasteiger partial charge in [-0.15, -0.1) is 0 Å². The summed E-state index contributed by atoms with van der Waals surface area (Å²) in [5.41, 5.74) is 6.50. The summed E-state index contributed by atoms with van der Waals surface area (Å²) >= 11 is 0. The molecular formula is C13H18F2N4O2. The molecule has 3 N–H and O–H groups in total. The maximum Gasteiger partial charge on any atom is 0.407 e. The Balaban J connectivity index is 2.04. The molecule has 0 radical (unpaired) electrons. The van der Waals surface area contributed by atoms with Crippen molar-refractivity contribution < 1.29 is 18.7 Å². The molecular weight excluding hydrogens is 282 g/mol. The first-order chi connectivity index (χ1) is 9.92. The van der Waals surface area contributed by atoms with Gasteiger partial charge in [-0.05, 0) is 18.9 Å². The number of nitrogens with zero attached hydrogens (tertiary/aromatic N) is 3. The van der Waals surface area contributed by atoms with Crippen LogP contribution in [0.2, 0.25) is 0 Å². The van der Waals surface area contributed by atoms with Crippen LogP contribution in [0.15, 0.2) is 0 Å². The van der Waals surface area contributed by atoms with Gasteiger partial charge < -0.3 is 15.7 Å². The maximum absolute atomic E-state index is 14.4. The SMILES string of the molecule is NCC1CCC(F)(F)c2c3c(nn2C1)CCN(C(=O)O)C3. The lowest BCUT2D eigenvalue weighted by molar-refractivity contribution is -0.0218. The topological polar surface area (TPSA) is 84.4 Å². The van der Waals surface area contributed by atoms with Crippen LogP contribution in [-0.4, -0.2) is 39.0 Å². The number of carbonyl (C=O) groups is 1. The average molecular weight is 300 g/mol. The predicted molar refractivity (Wildman–Crippen MR) is 70.0 cm³/mol. The first-order valence-corrected chi connectivity index (χ1v) is 7.07. The van der Waals surface area contributed by atoms with E-state index in [-0.39, 0.29) is 24.6 Å². The van der Waals surface area contributed by atoms with Crippen molar-refractivity contribution in [3.63, 3.8) is 0 Å². The van der Waals surface area contributed by atoms with Gasteiger partial charge in [0.1, 0.15) is 5.69 Å². The van der Waals surface area contributed by atoms with Crippen molar-refractivity contribution >= 4 is 6.09 Å². The molecule has 21 heavy (non-hydrogen) atoms. The molecule has 6 nitrogen and oxygen atoms in total. The molecule has 0 spiro atoms. The zero-order valence-electron chi connectivity index (χ0n) is 11.6. The van der Waals surface area contributed by atoms with Gasteiger partial charge in [-0.3, -0.25) is 4.68 Å². The molecule has 8 heteroatoms. The summed E-state index contributed by atoms with van der Waals surface area (Å²) in [5, 5.41) is 13.4. The molecule has 1 amide bonds. The number of carboxylic acid groups (broad SMARTS) is 1. The average Bonchev–Trinajstić information content (AvgIpc) is 2.74. The fourth-order valence-electron chi connectivity index (χ4n) is 3.16. The number of amides is 1. The summed E-state index contributed by atoms with van der Waals surface area (Å²) in [6.45, 7) is 1.01. The van der Waals surface area contributed by atoms with Crippen molar-refractivity contribution in [2.75, 3.05) is 13.1 Å². The molecule has 0 saturated carbocycles. The number of alkyl halides is 2. The van der Waals surface area contributed by atoms with Gasteiger partial charge in [0.25, 0.3) is 5.92 Å². The van der Waals surface area contributed by atoms with E-state index in [0.29, 0.717) is 43.7 Å². The Morgan fingerprint density at radius 1 is 1.52 bits per heavy atom. The quantitative estimate of drug-likeness (QED) is 0.820. The molecule has 1 unspecified atom stereocenters. The van der Waals surface area contributed by atoms with Crippen molar-refractivity contribution in [3.05, 3.63) is 17.0 Å². The molecule has 2 aliphatic rings. The highest BCUT2D eigenvalue weighted by molar-refractivity contribution is 5.65. The monoisotopic (exact) mass is 300 g/mol. The largest absolute Gasteiger partial charge is 0.465 e. The van der Waals surface area contributed by atoms with Gasteiger partial charge in [0.05, 0.1) is 12.2 Å². The van der Waals surface area contributed by atoms with E-state index in [2.05, 4.69) is 5.10 Å². The van der Waals surface area contributed by atoms with Gasteiger partial charge in [0.15, 0.2) is 0 Å². The third-order valence-electron chi connectivity index (χ3n) is 4.35. The standard InChI is InChI=1S/C13H18F2N4O2/c14-13(15)3-1-8(5-16)6-19-11(13)9-7-18(12(20)21)4-2-10(9)17-19/h8H,1-7,16H2,(H,20,21). The summed E-state index contributed by atoms with van der Waals surface area (Å²) < 4.78 is 30.3. The van der Waals surface area contributed by atoms with E-state index in [0.717, 1.165) is 4.90 Å². The number of nitrogens with two attached hydrogens (primary N) is 1. The van der Waals surface area contributed by atoms with Crippen LogP contribution in [0.1, 0.15) is 29.8 Å². The third kappa shape index (κ3) is 2.37. The van der Waals surface area contributed by atoms with Crippen LogP contribution >= 0.6 is 0 Å². The second-order valence-corrected chi connectivity index (χ2v) is 5.75. The lowest BCUT2D eigenvalue weighted by atomic mass is 9.98. The molecule has 0 aromatic carbocycles. The number of hydrogen-bond donors (Lipinski definition) is 2. The first kappa shape index (κ1) is 14.2. The number of fused-ring (bicyclic) bond motifs is 3. The van der Waals surface area contributed by atoms with Crippen LogP contribution in [0, 0.1) is 5.92 Å². The summed E-state index contributed by atoms with van der Waals surface area (Å²) in [6.07, 6.45) is -0.618. The highest BCUT2D eigenvalue weighted by atomic mass is 19.3. The molecule has 0 saturated heterocycles. The van der Waals surface area contributed by atoms with E-state index in [1.165, 1.54) is 4.68 Å². The fourth-order valence-corrected chi connectivity index (χ4v) is 3.16. The van der Waals surface area contributed by atoms with Gasteiger partial charge in [0.2, 0.25) is 0 Å². The van der Waals surface area contributed by atoms with E-state index in [9.17, 15) is 13.6 Å². The van der Waals surface area contributed by atoms with Gasteiger partial charge in [-0.2, -0.15) is 13.9 Å². The van der Waals surface area contributed by atoms with Crippen LogP contribution < -0.4 is 5.73 Å². The normalized spacial score (nSPS) is 24.1. The first-order valence-electron chi connectivity index (χ1n) is 7.07. The van der Waals surface area contributed by atoms with Crippen molar-refractivity contribution in [2.45, 2.75) is 38.3 Å². The Morgan fingerprint density at radius 2 is 2.29 bits per heavy atom. The van der Waals surface area contributed by atoms with Crippen LogP contribution in [0.25, 0.3) is 0 Å². The molecule has 0 fully saturated rings. The molecule has 2 aliphatic heterocycles. The Hall–Kier alpha value is -1.70. The Morgan fingerprint density at radius 3 is 2.95 bits per heavy atom. The molecule has 1 aromatic rings. The van der Waals surface area contributed by atoms with Crippen molar-refractivity contribution in [1.29, 1.82) is 0 Å².